The summed E-state index contributed by atoms with van der Waals surface area (Å²) in [6.07, 6.45) is -20.9. The van der Waals surface area contributed by atoms with Crippen LogP contribution in [0.1, 0.15) is 47.2 Å². The molecule has 1 aliphatic carbocycles. The molecule has 0 spiro atoms. The number of anilines is 3. The smallest absolute Gasteiger partial charge is 0.411 e. The van der Waals surface area contributed by atoms with Crippen LogP contribution in [0.5, 0.6) is 0 Å². The number of rotatable bonds is 5. The first kappa shape index (κ1) is 63.1. The molecule has 7 rings (SSSR count). The number of nitrogen functional groups attached to an aromatic ring is 3. The van der Waals surface area contributed by atoms with E-state index in [9.17, 15) is 52.7 Å². The zero-order valence-electron chi connectivity index (χ0n) is 37.7. The van der Waals surface area contributed by atoms with Crippen molar-refractivity contribution in [2.75, 3.05) is 34.7 Å². The van der Waals surface area contributed by atoms with Gasteiger partial charge in [-0.05, 0) is 114 Å². The van der Waals surface area contributed by atoms with Gasteiger partial charge in [0.1, 0.15) is 5.35 Å². The van der Waals surface area contributed by atoms with Crippen LogP contribution in [0.15, 0.2) is 126 Å². The van der Waals surface area contributed by atoms with E-state index in [1.54, 1.807) is 30.3 Å². The molecule has 384 valence electrons. The summed E-state index contributed by atoms with van der Waals surface area (Å²) in [6.45, 7) is 5.01. The van der Waals surface area contributed by atoms with Crippen molar-refractivity contribution in [2.45, 2.75) is 70.2 Å². The van der Waals surface area contributed by atoms with Crippen molar-refractivity contribution in [1.82, 2.24) is 4.98 Å². The number of alkyl halides is 15. The Hall–Kier alpha value is -4.95. The molecule has 20 heteroatoms. The molecule has 0 saturated heterocycles. The van der Waals surface area contributed by atoms with Gasteiger partial charge in [0.05, 0.1) is 0 Å². The van der Waals surface area contributed by atoms with E-state index in [2.05, 4.69) is 52.8 Å². The first-order chi connectivity index (χ1) is 32.3. The van der Waals surface area contributed by atoms with Crippen molar-refractivity contribution >= 4 is 77.0 Å². The molecule has 0 saturated carbocycles. The quantitative estimate of drug-likeness (QED) is 0.0906. The minimum absolute atomic E-state index is 0. The molecule has 5 nitrogen and oxygen atoms in total. The molecule has 0 aliphatic heterocycles. The van der Waals surface area contributed by atoms with Crippen LogP contribution in [0.4, 0.5) is 69.7 Å². The average molecular weight is 1190 g/mol. The van der Waals surface area contributed by atoms with Crippen LogP contribution in [0.3, 0.4) is 0 Å². The second kappa shape index (κ2) is 26.5. The number of nitrogens with two attached hydrogens (primary N) is 3. The number of para-hydroxylation sites is 1. The Bertz CT molecular complexity index is 2600. The van der Waals surface area contributed by atoms with Crippen molar-refractivity contribution in [2.24, 2.45) is 5.92 Å². The zero-order valence-corrected chi connectivity index (χ0v) is 42.5. The van der Waals surface area contributed by atoms with Crippen LogP contribution in [-0.2, 0) is 10.8 Å². The fraction of sp³-hybridized carbons (Fsp3) is 0.300. The van der Waals surface area contributed by atoms with Gasteiger partial charge in [-0.2, -0.15) is 52.7 Å². The Morgan fingerprint density at radius 3 is 1.33 bits per heavy atom. The average Bonchev–Trinajstić information content (AvgIpc) is 3.73. The van der Waals surface area contributed by atoms with E-state index in [4.69, 9.17) is 21.6 Å². The van der Waals surface area contributed by atoms with Crippen LogP contribution >= 0.6 is 47.8 Å². The number of aromatic nitrogens is 1. The molecule has 1 aliphatic rings. The Morgan fingerprint density at radius 2 is 0.914 bits per heavy atom. The largest absolute Gasteiger partial charge is 0.436 e. The fourth-order valence-electron chi connectivity index (χ4n) is 7.24. The number of aryl methyl sites for hydroxylation is 3. The number of hydrogen-bond donors (Lipinski definition) is 3. The SMILES string of the molecule is C.CBr.CBr.CBr.Cc1ccc(C(C2C=c3oc(-c4ccccc4)nc3=CC2)(C(F)(F)F)C(F)(F)F)cc1N.Cc1ccc(C(c2ccccc2)(C(F)(F)F)C(F)(F)F)cc1N.Cc1ccccc1N. The van der Waals surface area contributed by atoms with E-state index in [0.717, 1.165) is 78.0 Å². The molecule has 6 N–H and O–H groups in total. The van der Waals surface area contributed by atoms with E-state index < -0.39 is 64.6 Å². The van der Waals surface area contributed by atoms with Gasteiger partial charge >= 0.3 is 24.7 Å². The van der Waals surface area contributed by atoms with Crippen molar-refractivity contribution < 1.29 is 57.1 Å². The van der Waals surface area contributed by atoms with E-state index in [1.165, 1.54) is 26.0 Å². The van der Waals surface area contributed by atoms with Crippen LogP contribution in [0.25, 0.3) is 23.6 Å². The molecule has 0 bridgehead atoms. The van der Waals surface area contributed by atoms with E-state index in [-0.39, 0.29) is 35.5 Å². The second-order valence-electron chi connectivity index (χ2n) is 14.8. The summed E-state index contributed by atoms with van der Waals surface area (Å²) in [7, 11) is 0. The lowest BCUT2D eigenvalue weighted by atomic mass is 9.66. The number of benzene rings is 5. The van der Waals surface area contributed by atoms with Gasteiger partial charge in [-0.3, -0.25) is 0 Å². The maximum atomic E-state index is 14.4. The summed E-state index contributed by atoms with van der Waals surface area (Å²) in [5.41, 5.74) is 8.61. The second-order valence-corrected chi connectivity index (χ2v) is 14.8. The topological polar surface area (TPSA) is 104 Å². The summed E-state index contributed by atoms with van der Waals surface area (Å²) < 4.78 is 174. The fourth-order valence-corrected chi connectivity index (χ4v) is 7.24. The predicted molar refractivity (Wildman–Crippen MR) is 269 cm³/mol. The van der Waals surface area contributed by atoms with E-state index in [1.807, 2.05) is 48.7 Å². The van der Waals surface area contributed by atoms with Gasteiger partial charge in [0, 0.05) is 28.5 Å². The lowest BCUT2D eigenvalue weighted by molar-refractivity contribution is -0.313. The maximum Gasteiger partial charge on any atom is 0.411 e. The van der Waals surface area contributed by atoms with Gasteiger partial charge in [-0.15, -0.1) is 0 Å². The third-order valence-electron chi connectivity index (χ3n) is 10.8. The highest BCUT2D eigenvalue weighted by Gasteiger charge is 2.75. The number of nitrogens with zero attached hydrogens (tertiary/aromatic N) is 1. The number of fused-ring (bicyclic) bond motifs is 1. The molecule has 1 atom stereocenters. The van der Waals surface area contributed by atoms with Crippen LogP contribution in [-0.4, -0.2) is 47.2 Å². The molecule has 0 amide bonds. The summed E-state index contributed by atoms with van der Waals surface area (Å²) in [4.78, 5) is 4.22. The molecule has 6 aromatic rings. The number of halogens is 15. The van der Waals surface area contributed by atoms with Gasteiger partial charge in [-0.25, -0.2) is 4.98 Å². The van der Waals surface area contributed by atoms with Crippen LogP contribution < -0.4 is 28.0 Å². The number of oxazole rings is 1. The van der Waals surface area contributed by atoms with E-state index >= 15 is 0 Å². The molecule has 1 unspecified atom stereocenters. The van der Waals surface area contributed by atoms with Gasteiger partial charge in [0.15, 0.2) is 10.8 Å². The van der Waals surface area contributed by atoms with Gasteiger partial charge < -0.3 is 21.6 Å². The van der Waals surface area contributed by atoms with Crippen molar-refractivity contribution in [3.8, 4) is 11.5 Å². The molecule has 5 aromatic carbocycles. The normalized spacial score (nSPS) is 13.3. The van der Waals surface area contributed by atoms with Crippen molar-refractivity contribution in [1.29, 1.82) is 0 Å². The monoisotopic (exact) mass is 1190 g/mol. The lowest BCUT2D eigenvalue weighted by Gasteiger charge is -2.42. The highest BCUT2D eigenvalue weighted by atomic mass is 79.9. The minimum atomic E-state index is -5.65. The third kappa shape index (κ3) is 13.7. The third-order valence-corrected chi connectivity index (χ3v) is 10.8. The predicted octanol–water partition coefficient (Wildman–Crippen LogP) is 15.1. The minimum Gasteiger partial charge on any atom is -0.436 e. The summed E-state index contributed by atoms with van der Waals surface area (Å²) >= 11 is 8.81. The molecule has 70 heavy (non-hydrogen) atoms. The van der Waals surface area contributed by atoms with Gasteiger partial charge in [0.25, 0.3) is 0 Å². The molecular formula is C50H53Br3F12N4O. The van der Waals surface area contributed by atoms with Crippen molar-refractivity contribution in [3.63, 3.8) is 0 Å². The maximum absolute atomic E-state index is 14.4. The van der Waals surface area contributed by atoms with Crippen molar-refractivity contribution in [3.05, 3.63) is 165 Å². The first-order valence-corrected chi connectivity index (χ1v) is 24.8. The van der Waals surface area contributed by atoms with E-state index in [0.29, 0.717) is 16.7 Å². The lowest BCUT2D eigenvalue weighted by Crippen LogP contribution is -2.59. The Labute approximate surface area is 424 Å². The number of hydrogen-bond acceptors (Lipinski definition) is 5. The van der Waals surface area contributed by atoms with Crippen LogP contribution in [0, 0.1) is 26.7 Å². The Morgan fingerprint density at radius 1 is 0.500 bits per heavy atom. The van der Waals surface area contributed by atoms with Gasteiger partial charge in [-0.1, -0.05) is 152 Å². The molecule has 0 fully saturated rings. The Balaban J connectivity index is 0.000000562. The highest BCUT2D eigenvalue weighted by molar-refractivity contribution is 9.09. The summed E-state index contributed by atoms with van der Waals surface area (Å²) in [5.74, 6) is 3.55. The molecule has 1 heterocycles. The van der Waals surface area contributed by atoms with Gasteiger partial charge in [0.2, 0.25) is 11.3 Å². The first-order valence-electron chi connectivity index (χ1n) is 20.0. The highest BCUT2D eigenvalue weighted by Crippen LogP contribution is 2.59. The zero-order chi connectivity index (χ0) is 52.8. The summed E-state index contributed by atoms with van der Waals surface area (Å²) in [5, 5.41) is 0.210. The summed E-state index contributed by atoms with van der Waals surface area (Å²) in [6, 6.07) is 27.1. The standard InChI is InChI=1S/C23H18F6N2O.C16H13F6N.C7H9N.3CH3Br.CH4/c1-13-7-8-15(11-17(13)30)21(22(24,25)26,23(27,28)29)16-9-10-18-19(12-16)32-20(31-18)14-5-3-2-4-6-14;1-10-7-8-12(9-13(10)23)14(15(17,18)19,16(20,21)22)11-5-3-2-4-6-11;1-6-4-2-3-5-7(6)8;3*1-2;/h2-8,10-12,16H,9,30H2,1H3;2-9H,23H2,1H3;2-5H,8H2,1H3;3*1H3;1H4. The Kier molecular flexibility index (Phi) is 23.9. The molecule has 0 radical (unpaired) electrons. The molecular weight excluding hydrogens is 1140 g/mol. The molecule has 1 aromatic heterocycles. The van der Waals surface area contributed by atoms with Crippen LogP contribution in [0.2, 0.25) is 0 Å².